The van der Waals surface area contributed by atoms with Gasteiger partial charge in [0, 0.05) is 19.2 Å². The molecule has 0 spiro atoms. The fourth-order valence-corrected chi connectivity index (χ4v) is 3.18. The van der Waals surface area contributed by atoms with E-state index in [-0.39, 0.29) is 5.91 Å². The second kappa shape index (κ2) is 8.61. The van der Waals surface area contributed by atoms with Crippen molar-refractivity contribution >= 4 is 5.91 Å². The van der Waals surface area contributed by atoms with E-state index in [9.17, 15) is 4.79 Å². The summed E-state index contributed by atoms with van der Waals surface area (Å²) in [6.07, 6.45) is 0. The molecule has 0 saturated carbocycles. The molecular weight excluding hydrogens is 350 g/mol. The SMILES string of the molecule is COc1cc(C)c(CN(C)C(=O)c2ccc(-c3ccccc3)cc2)cc1OC. The van der Waals surface area contributed by atoms with Crippen molar-refractivity contribution in [1.29, 1.82) is 0 Å². The molecule has 0 saturated heterocycles. The Hall–Kier alpha value is -3.27. The van der Waals surface area contributed by atoms with Crippen LogP contribution in [0.1, 0.15) is 21.5 Å². The molecule has 3 aromatic rings. The number of ether oxygens (including phenoxy) is 2. The Morgan fingerprint density at radius 3 is 2.04 bits per heavy atom. The lowest BCUT2D eigenvalue weighted by Gasteiger charge is -2.20. The van der Waals surface area contributed by atoms with Crippen LogP contribution in [-0.2, 0) is 6.54 Å². The molecule has 0 atom stereocenters. The molecule has 0 N–H and O–H groups in total. The molecule has 0 heterocycles. The van der Waals surface area contributed by atoms with Crippen LogP contribution in [0.5, 0.6) is 11.5 Å². The van der Waals surface area contributed by atoms with E-state index in [1.165, 1.54) is 0 Å². The highest BCUT2D eigenvalue weighted by Crippen LogP contribution is 2.31. The molecular formula is C24H25NO3. The van der Waals surface area contributed by atoms with Crippen molar-refractivity contribution in [2.24, 2.45) is 0 Å². The average molecular weight is 375 g/mol. The summed E-state index contributed by atoms with van der Waals surface area (Å²) in [6, 6.07) is 21.7. The van der Waals surface area contributed by atoms with Gasteiger partial charge < -0.3 is 14.4 Å². The summed E-state index contributed by atoms with van der Waals surface area (Å²) in [4.78, 5) is 14.6. The molecule has 0 aliphatic carbocycles. The third-order valence-corrected chi connectivity index (χ3v) is 4.84. The van der Waals surface area contributed by atoms with E-state index in [1.807, 2.05) is 68.6 Å². The molecule has 144 valence electrons. The molecule has 0 radical (unpaired) electrons. The van der Waals surface area contributed by atoms with Crippen LogP contribution in [0.25, 0.3) is 11.1 Å². The number of nitrogens with zero attached hydrogens (tertiary/aromatic N) is 1. The minimum Gasteiger partial charge on any atom is -0.493 e. The Kier molecular flexibility index (Phi) is 5.99. The maximum Gasteiger partial charge on any atom is 0.253 e. The number of amides is 1. The zero-order chi connectivity index (χ0) is 20.1. The van der Waals surface area contributed by atoms with Gasteiger partial charge in [0.05, 0.1) is 14.2 Å². The van der Waals surface area contributed by atoms with Crippen LogP contribution in [0.2, 0.25) is 0 Å². The van der Waals surface area contributed by atoms with Crippen molar-refractivity contribution in [2.45, 2.75) is 13.5 Å². The number of rotatable bonds is 6. The van der Waals surface area contributed by atoms with Crippen molar-refractivity contribution in [3.63, 3.8) is 0 Å². The van der Waals surface area contributed by atoms with Crippen molar-refractivity contribution in [3.05, 3.63) is 83.4 Å². The lowest BCUT2D eigenvalue weighted by atomic mass is 10.0. The van der Waals surface area contributed by atoms with E-state index in [0.717, 1.165) is 22.3 Å². The van der Waals surface area contributed by atoms with Crippen LogP contribution >= 0.6 is 0 Å². The van der Waals surface area contributed by atoms with Gasteiger partial charge in [0.15, 0.2) is 11.5 Å². The van der Waals surface area contributed by atoms with Gasteiger partial charge in [0.2, 0.25) is 0 Å². The first-order valence-corrected chi connectivity index (χ1v) is 9.16. The lowest BCUT2D eigenvalue weighted by Crippen LogP contribution is -2.26. The minimum atomic E-state index is -0.0196. The normalized spacial score (nSPS) is 10.4. The third-order valence-electron chi connectivity index (χ3n) is 4.84. The van der Waals surface area contributed by atoms with Crippen LogP contribution in [0.15, 0.2) is 66.7 Å². The van der Waals surface area contributed by atoms with Crippen molar-refractivity contribution in [3.8, 4) is 22.6 Å². The van der Waals surface area contributed by atoms with Crippen LogP contribution in [-0.4, -0.2) is 32.1 Å². The molecule has 4 heteroatoms. The maximum absolute atomic E-state index is 12.9. The number of aryl methyl sites for hydroxylation is 1. The Morgan fingerprint density at radius 2 is 1.43 bits per heavy atom. The average Bonchev–Trinajstić information content (AvgIpc) is 2.75. The predicted octanol–water partition coefficient (Wildman–Crippen LogP) is 4.95. The fraction of sp³-hybridized carbons (Fsp3) is 0.208. The van der Waals surface area contributed by atoms with Crippen molar-refractivity contribution in [1.82, 2.24) is 4.90 Å². The quantitative estimate of drug-likeness (QED) is 0.612. The summed E-state index contributed by atoms with van der Waals surface area (Å²) >= 11 is 0. The molecule has 3 aromatic carbocycles. The van der Waals surface area contributed by atoms with Gasteiger partial charge in [-0.1, -0.05) is 42.5 Å². The largest absolute Gasteiger partial charge is 0.493 e. The van der Waals surface area contributed by atoms with Gasteiger partial charge in [0.25, 0.3) is 5.91 Å². The first-order chi connectivity index (χ1) is 13.5. The molecule has 1 amide bonds. The highest BCUT2D eigenvalue weighted by atomic mass is 16.5. The molecule has 0 aliphatic heterocycles. The predicted molar refractivity (Wildman–Crippen MR) is 112 cm³/mol. The zero-order valence-corrected chi connectivity index (χ0v) is 16.7. The molecule has 0 aliphatic rings. The van der Waals surface area contributed by atoms with Crippen LogP contribution in [0.4, 0.5) is 0 Å². The zero-order valence-electron chi connectivity index (χ0n) is 16.7. The van der Waals surface area contributed by atoms with Gasteiger partial charge >= 0.3 is 0 Å². The maximum atomic E-state index is 12.9. The van der Waals surface area contributed by atoms with Crippen molar-refractivity contribution < 1.29 is 14.3 Å². The minimum absolute atomic E-state index is 0.0196. The van der Waals surface area contributed by atoms with E-state index < -0.39 is 0 Å². The van der Waals surface area contributed by atoms with Crippen LogP contribution < -0.4 is 9.47 Å². The monoisotopic (exact) mass is 375 g/mol. The standard InChI is InChI=1S/C24H25NO3/c1-17-14-22(27-3)23(28-4)15-21(17)16-25(2)24(26)20-12-10-19(11-13-20)18-8-6-5-7-9-18/h5-15H,16H2,1-4H3. The first kappa shape index (κ1) is 19.5. The lowest BCUT2D eigenvalue weighted by molar-refractivity contribution is 0.0785. The molecule has 28 heavy (non-hydrogen) atoms. The summed E-state index contributed by atoms with van der Waals surface area (Å²) in [5.41, 5.74) is 4.97. The fourth-order valence-electron chi connectivity index (χ4n) is 3.18. The van der Waals surface area contributed by atoms with Crippen LogP contribution in [0.3, 0.4) is 0 Å². The second-order valence-electron chi connectivity index (χ2n) is 6.74. The Bertz CT molecular complexity index is 950. The van der Waals surface area contributed by atoms with Gasteiger partial charge in [0.1, 0.15) is 0 Å². The van der Waals surface area contributed by atoms with E-state index in [0.29, 0.717) is 23.6 Å². The molecule has 0 bridgehead atoms. The number of hydrogen-bond donors (Lipinski definition) is 0. The van der Waals surface area contributed by atoms with Crippen LogP contribution in [0, 0.1) is 6.92 Å². The summed E-state index contributed by atoms with van der Waals surface area (Å²) in [6.45, 7) is 2.50. The molecule has 0 fully saturated rings. The Balaban J connectivity index is 1.76. The van der Waals surface area contributed by atoms with Gasteiger partial charge in [-0.15, -0.1) is 0 Å². The molecule has 3 rings (SSSR count). The van der Waals surface area contributed by atoms with Gasteiger partial charge in [-0.3, -0.25) is 4.79 Å². The van der Waals surface area contributed by atoms with E-state index >= 15 is 0 Å². The molecule has 0 aromatic heterocycles. The molecule has 0 unspecified atom stereocenters. The summed E-state index contributed by atoms with van der Waals surface area (Å²) < 4.78 is 10.7. The highest BCUT2D eigenvalue weighted by Gasteiger charge is 2.15. The van der Waals surface area contributed by atoms with Crippen molar-refractivity contribution in [2.75, 3.05) is 21.3 Å². The second-order valence-corrected chi connectivity index (χ2v) is 6.74. The van der Waals surface area contributed by atoms with E-state index in [2.05, 4.69) is 12.1 Å². The number of methoxy groups -OCH3 is 2. The summed E-state index contributed by atoms with van der Waals surface area (Å²) in [5.74, 6) is 1.33. The number of carbonyl (C=O) groups is 1. The number of carbonyl (C=O) groups excluding carboxylic acids is 1. The first-order valence-electron chi connectivity index (χ1n) is 9.16. The third kappa shape index (κ3) is 4.17. The summed E-state index contributed by atoms with van der Waals surface area (Å²) in [5, 5.41) is 0. The number of hydrogen-bond acceptors (Lipinski definition) is 3. The topological polar surface area (TPSA) is 38.8 Å². The van der Waals surface area contributed by atoms with Gasteiger partial charge in [-0.05, 0) is 53.4 Å². The Labute approximate surface area is 166 Å². The Morgan fingerprint density at radius 1 is 0.857 bits per heavy atom. The van der Waals surface area contributed by atoms with Gasteiger partial charge in [-0.25, -0.2) is 0 Å². The van der Waals surface area contributed by atoms with Gasteiger partial charge in [-0.2, -0.15) is 0 Å². The van der Waals surface area contributed by atoms with E-state index in [4.69, 9.17) is 9.47 Å². The molecule has 4 nitrogen and oxygen atoms in total. The summed E-state index contributed by atoms with van der Waals surface area (Å²) in [7, 11) is 5.04. The highest BCUT2D eigenvalue weighted by molar-refractivity contribution is 5.94. The number of benzene rings is 3. The smallest absolute Gasteiger partial charge is 0.253 e. The van der Waals surface area contributed by atoms with E-state index in [1.54, 1.807) is 19.1 Å².